The smallest absolute Gasteiger partial charge is 0.411 e. The van der Waals surface area contributed by atoms with Crippen LogP contribution in [0.5, 0.6) is 0 Å². The topological polar surface area (TPSA) is 83.1 Å². The van der Waals surface area contributed by atoms with E-state index in [1.54, 1.807) is 24.3 Å². The Hall–Kier alpha value is -2.32. The fourth-order valence-electron chi connectivity index (χ4n) is 5.94. The molecule has 0 bridgehead atoms. The average Bonchev–Trinajstić information content (AvgIpc) is 3.09. The number of rotatable bonds is 32. The first-order chi connectivity index (χ1) is 23.5. The van der Waals surface area contributed by atoms with E-state index in [9.17, 15) is 9.59 Å². The van der Waals surface area contributed by atoms with Crippen LogP contribution >= 0.6 is 0 Å². The molecule has 0 saturated heterocycles. The molecule has 8 heteroatoms. The van der Waals surface area contributed by atoms with Crippen molar-refractivity contribution in [1.29, 1.82) is 0 Å². The number of benzene rings is 1. The quantitative estimate of drug-likeness (QED) is 0.0740. The molecule has 0 spiro atoms. The molecule has 0 aliphatic rings. The van der Waals surface area contributed by atoms with Crippen molar-refractivity contribution in [2.24, 2.45) is 0 Å². The highest BCUT2D eigenvalue weighted by Gasteiger charge is 2.08. The van der Waals surface area contributed by atoms with Crippen LogP contribution in [0.2, 0.25) is 0 Å². The normalized spacial score (nSPS) is 11.3. The number of hydrogen-bond donors (Lipinski definition) is 2. The molecule has 0 aromatic heterocycles. The van der Waals surface area contributed by atoms with E-state index in [0.29, 0.717) is 24.6 Å². The molecule has 0 saturated carbocycles. The van der Waals surface area contributed by atoms with E-state index >= 15 is 0 Å². The van der Waals surface area contributed by atoms with E-state index in [0.717, 1.165) is 65.0 Å². The van der Waals surface area contributed by atoms with Gasteiger partial charge in [-0.3, -0.25) is 10.6 Å². The van der Waals surface area contributed by atoms with Crippen LogP contribution in [-0.4, -0.2) is 74.5 Å². The lowest BCUT2D eigenvalue weighted by molar-refractivity contribution is 0.156. The van der Waals surface area contributed by atoms with Gasteiger partial charge in [0.25, 0.3) is 0 Å². The molecule has 0 atom stereocenters. The minimum absolute atomic E-state index is 0.405. The Balaban J connectivity index is 2.09. The highest BCUT2D eigenvalue weighted by Crippen LogP contribution is 2.15. The van der Waals surface area contributed by atoms with Crippen LogP contribution in [0.1, 0.15) is 156 Å². The summed E-state index contributed by atoms with van der Waals surface area (Å²) in [7, 11) is 0. The maximum absolute atomic E-state index is 12.2. The first-order valence-corrected chi connectivity index (χ1v) is 19.9. The lowest BCUT2D eigenvalue weighted by Gasteiger charge is -2.20. The Labute approximate surface area is 295 Å². The molecule has 2 N–H and O–H groups in total. The van der Waals surface area contributed by atoms with Crippen molar-refractivity contribution in [1.82, 2.24) is 9.80 Å². The predicted octanol–water partition coefficient (Wildman–Crippen LogP) is 11.3. The minimum Gasteiger partial charge on any atom is -0.449 e. The van der Waals surface area contributed by atoms with Gasteiger partial charge in [0.15, 0.2) is 0 Å². The fourth-order valence-corrected chi connectivity index (χ4v) is 5.94. The molecule has 1 aromatic carbocycles. The summed E-state index contributed by atoms with van der Waals surface area (Å²) in [5.74, 6) is 0. The highest BCUT2D eigenvalue weighted by molar-refractivity contribution is 5.87. The van der Waals surface area contributed by atoms with Crippen LogP contribution in [0.15, 0.2) is 24.3 Å². The highest BCUT2D eigenvalue weighted by atomic mass is 16.6. The Kier molecular flexibility index (Phi) is 29.1. The summed E-state index contributed by atoms with van der Waals surface area (Å²) in [5, 5.41) is 5.52. The fraction of sp³-hybridized carbons (Fsp3) is 0.800. The molecule has 48 heavy (non-hydrogen) atoms. The lowest BCUT2D eigenvalue weighted by atomic mass is 10.1. The van der Waals surface area contributed by atoms with Gasteiger partial charge in [-0.25, -0.2) is 9.59 Å². The van der Waals surface area contributed by atoms with Crippen LogP contribution in [0.3, 0.4) is 0 Å². The monoisotopic (exact) mass is 675 g/mol. The Morgan fingerprint density at radius 2 is 0.750 bits per heavy atom. The van der Waals surface area contributed by atoms with Crippen molar-refractivity contribution in [3.8, 4) is 0 Å². The van der Waals surface area contributed by atoms with Gasteiger partial charge in [0.05, 0.1) is 13.2 Å². The minimum atomic E-state index is -0.458. The third kappa shape index (κ3) is 25.7. The van der Waals surface area contributed by atoms with Crippen molar-refractivity contribution in [3.05, 3.63) is 24.3 Å². The largest absolute Gasteiger partial charge is 0.449 e. The number of carbonyl (C=O) groups excluding carboxylic acids is 2. The maximum Gasteiger partial charge on any atom is 0.411 e. The third-order valence-electron chi connectivity index (χ3n) is 9.13. The summed E-state index contributed by atoms with van der Waals surface area (Å²) in [5.41, 5.74) is 1.24. The summed E-state index contributed by atoms with van der Waals surface area (Å²) in [6.45, 7) is 16.3. The van der Waals surface area contributed by atoms with Crippen molar-refractivity contribution < 1.29 is 19.1 Å². The van der Waals surface area contributed by atoms with Gasteiger partial charge in [0, 0.05) is 11.4 Å². The van der Waals surface area contributed by atoms with E-state index in [1.165, 1.54) is 103 Å². The molecule has 0 heterocycles. The molecule has 1 aromatic rings. The van der Waals surface area contributed by atoms with Crippen LogP contribution < -0.4 is 10.6 Å². The SMILES string of the molecule is CCCCCCCCCCN(CC)CCCCOC(=O)Nc1ccc(NC(=O)OCCCCN(CC)CCCCCCCCCC)cc1. The first-order valence-electron chi connectivity index (χ1n) is 19.9. The van der Waals surface area contributed by atoms with Gasteiger partial charge in [-0.1, -0.05) is 118 Å². The zero-order valence-corrected chi connectivity index (χ0v) is 31.6. The summed E-state index contributed by atoms with van der Waals surface area (Å²) in [4.78, 5) is 29.5. The van der Waals surface area contributed by atoms with Gasteiger partial charge < -0.3 is 19.3 Å². The Morgan fingerprint density at radius 1 is 0.458 bits per heavy atom. The zero-order valence-electron chi connectivity index (χ0n) is 31.6. The molecule has 0 radical (unpaired) electrons. The van der Waals surface area contributed by atoms with E-state index < -0.39 is 12.2 Å². The summed E-state index contributed by atoms with van der Waals surface area (Å²) >= 11 is 0. The Morgan fingerprint density at radius 3 is 1.06 bits per heavy atom. The molecule has 0 aliphatic heterocycles. The molecule has 0 unspecified atom stereocenters. The van der Waals surface area contributed by atoms with Crippen molar-refractivity contribution >= 4 is 23.6 Å². The second-order valence-corrected chi connectivity index (χ2v) is 13.3. The number of hydrogen-bond acceptors (Lipinski definition) is 6. The first kappa shape index (κ1) is 43.7. The Bertz CT molecular complexity index is 811. The van der Waals surface area contributed by atoms with Gasteiger partial charge in [-0.2, -0.15) is 0 Å². The summed E-state index contributed by atoms with van der Waals surface area (Å²) in [6.07, 6.45) is 24.4. The van der Waals surface area contributed by atoms with Gasteiger partial charge in [-0.15, -0.1) is 0 Å². The molecule has 1 rings (SSSR count). The predicted molar refractivity (Wildman–Crippen MR) is 204 cm³/mol. The summed E-state index contributed by atoms with van der Waals surface area (Å²) < 4.78 is 10.8. The van der Waals surface area contributed by atoms with E-state index in [-0.39, 0.29) is 0 Å². The van der Waals surface area contributed by atoms with E-state index in [4.69, 9.17) is 9.47 Å². The van der Waals surface area contributed by atoms with E-state index in [2.05, 4.69) is 48.1 Å². The zero-order chi connectivity index (χ0) is 34.9. The molecule has 278 valence electrons. The van der Waals surface area contributed by atoms with Crippen LogP contribution in [0.25, 0.3) is 0 Å². The van der Waals surface area contributed by atoms with Crippen LogP contribution in [-0.2, 0) is 9.47 Å². The molecule has 2 amide bonds. The lowest BCUT2D eigenvalue weighted by Crippen LogP contribution is -2.26. The second kappa shape index (κ2) is 31.9. The number of nitrogens with zero attached hydrogens (tertiary/aromatic N) is 2. The van der Waals surface area contributed by atoms with Gasteiger partial charge in [-0.05, 0) is 102 Å². The number of ether oxygens (including phenoxy) is 2. The molecule has 0 fully saturated rings. The van der Waals surface area contributed by atoms with Crippen molar-refractivity contribution in [2.75, 3.05) is 63.1 Å². The number of nitrogens with one attached hydrogen (secondary N) is 2. The molecular formula is C40H74N4O4. The van der Waals surface area contributed by atoms with Crippen molar-refractivity contribution in [3.63, 3.8) is 0 Å². The summed E-state index contributed by atoms with van der Waals surface area (Å²) in [6, 6.07) is 6.97. The van der Waals surface area contributed by atoms with Crippen LogP contribution in [0.4, 0.5) is 21.0 Å². The number of carbonyl (C=O) groups is 2. The van der Waals surface area contributed by atoms with E-state index in [1.807, 2.05) is 0 Å². The van der Waals surface area contributed by atoms with Gasteiger partial charge in [0.2, 0.25) is 0 Å². The maximum atomic E-state index is 12.2. The third-order valence-corrected chi connectivity index (χ3v) is 9.13. The second-order valence-electron chi connectivity index (χ2n) is 13.3. The van der Waals surface area contributed by atoms with Crippen molar-refractivity contribution in [2.45, 2.75) is 156 Å². The molecular weight excluding hydrogens is 600 g/mol. The number of unbranched alkanes of at least 4 members (excludes halogenated alkanes) is 16. The number of amides is 2. The van der Waals surface area contributed by atoms with Crippen LogP contribution in [0, 0.1) is 0 Å². The average molecular weight is 675 g/mol. The molecule has 0 aliphatic carbocycles. The number of anilines is 2. The standard InChI is InChI=1S/C40H74N4O4/c1-5-9-11-13-15-17-19-21-31-43(7-3)33-23-25-35-47-39(45)41-37-27-29-38(30-28-37)42-40(46)48-36-26-24-34-44(8-4)32-22-20-18-16-14-12-10-6-2/h27-30H,5-26,31-36H2,1-4H3,(H,41,45)(H,42,46). The molecule has 8 nitrogen and oxygen atoms in total. The van der Waals surface area contributed by atoms with Gasteiger partial charge >= 0.3 is 12.2 Å². The van der Waals surface area contributed by atoms with Gasteiger partial charge in [0.1, 0.15) is 0 Å².